The average Bonchev–Trinajstić information content (AvgIpc) is 2.33. The van der Waals surface area contributed by atoms with Crippen LogP contribution in [-0.2, 0) is 9.53 Å². The summed E-state index contributed by atoms with van der Waals surface area (Å²) in [5.74, 6) is -2.03. The number of nitrogens with one attached hydrogen (secondary N) is 1. The normalized spacial score (nSPS) is 12.2. The number of amides is 1. The summed E-state index contributed by atoms with van der Waals surface area (Å²) in [6, 6.07) is 3.31. The topological polar surface area (TPSA) is 58.6 Å². The zero-order valence-corrected chi connectivity index (χ0v) is 9.95. The van der Waals surface area contributed by atoms with Crippen molar-refractivity contribution >= 4 is 5.91 Å². The summed E-state index contributed by atoms with van der Waals surface area (Å²) in [7, 11) is 1.46. The summed E-state index contributed by atoms with van der Waals surface area (Å²) in [4.78, 5) is 11.2. The van der Waals surface area contributed by atoms with Crippen molar-refractivity contribution in [2.24, 2.45) is 0 Å². The molecule has 1 rings (SSSR count). The van der Waals surface area contributed by atoms with Crippen molar-refractivity contribution in [3.63, 3.8) is 0 Å². The predicted molar refractivity (Wildman–Crippen MR) is 60.8 cm³/mol. The van der Waals surface area contributed by atoms with Gasteiger partial charge in [-0.25, -0.2) is 8.78 Å². The Morgan fingerprint density at radius 1 is 1.44 bits per heavy atom. The Balaban J connectivity index is 2.55. The summed E-state index contributed by atoms with van der Waals surface area (Å²) in [6.45, 7) is -0.00358. The molecular formula is C12H15F2NO3. The second kappa shape index (κ2) is 7.03. The van der Waals surface area contributed by atoms with Gasteiger partial charge in [0.05, 0.1) is 12.2 Å². The highest BCUT2D eigenvalue weighted by atomic mass is 19.1. The van der Waals surface area contributed by atoms with Gasteiger partial charge >= 0.3 is 0 Å². The first kappa shape index (κ1) is 14.5. The quantitative estimate of drug-likeness (QED) is 0.805. The monoisotopic (exact) mass is 259 g/mol. The van der Waals surface area contributed by atoms with Gasteiger partial charge in [0.25, 0.3) is 0 Å². The number of methoxy groups -OCH3 is 1. The molecule has 0 aliphatic heterocycles. The van der Waals surface area contributed by atoms with Crippen molar-refractivity contribution in [1.82, 2.24) is 5.32 Å². The minimum Gasteiger partial charge on any atom is -0.386 e. The molecule has 0 saturated carbocycles. The Hall–Kier alpha value is -1.53. The van der Waals surface area contributed by atoms with Crippen LogP contribution in [0.1, 0.15) is 18.1 Å². The van der Waals surface area contributed by atoms with Gasteiger partial charge in [-0.3, -0.25) is 4.79 Å². The Labute approximate surface area is 104 Å². The molecule has 0 fully saturated rings. The van der Waals surface area contributed by atoms with E-state index < -0.39 is 23.3 Å². The molecule has 1 atom stereocenters. The predicted octanol–water partition coefficient (Wildman–Crippen LogP) is 1.15. The third-order valence-corrected chi connectivity index (χ3v) is 2.36. The maximum Gasteiger partial charge on any atom is 0.222 e. The minimum absolute atomic E-state index is 0.128. The van der Waals surface area contributed by atoms with Gasteiger partial charge in [0.15, 0.2) is 0 Å². The molecule has 0 aliphatic rings. The van der Waals surface area contributed by atoms with Gasteiger partial charge in [0.2, 0.25) is 5.91 Å². The summed E-state index contributed by atoms with van der Waals surface area (Å²) in [6.07, 6.45) is -1.29. The van der Waals surface area contributed by atoms with Gasteiger partial charge in [-0.2, -0.15) is 0 Å². The zero-order chi connectivity index (χ0) is 13.5. The molecule has 0 spiro atoms. The summed E-state index contributed by atoms with van der Waals surface area (Å²) in [5, 5.41) is 12.0. The number of aliphatic hydroxyl groups is 1. The van der Waals surface area contributed by atoms with E-state index in [1.54, 1.807) is 0 Å². The van der Waals surface area contributed by atoms with Crippen molar-refractivity contribution in [1.29, 1.82) is 0 Å². The van der Waals surface area contributed by atoms with Crippen LogP contribution in [0.5, 0.6) is 0 Å². The molecule has 0 saturated heterocycles. The Bertz CT molecular complexity index is 392. The van der Waals surface area contributed by atoms with E-state index in [4.69, 9.17) is 4.74 Å². The molecule has 100 valence electrons. The van der Waals surface area contributed by atoms with Crippen LogP contribution in [0.15, 0.2) is 18.2 Å². The molecule has 1 amide bonds. The molecule has 0 heterocycles. The van der Waals surface area contributed by atoms with Gasteiger partial charge < -0.3 is 15.2 Å². The second-order valence-corrected chi connectivity index (χ2v) is 3.70. The summed E-state index contributed by atoms with van der Waals surface area (Å²) >= 11 is 0. The minimum atomic E-state index is -1.42. The van der Waals surface area contributed by atoms with Crippen LogP contribution in [0.25, 0.3) is 0 Å². The number of rotatable bonds is 6. The third-order valence-electron chi connectivity index (χ3n) is 2.36. The summed E-state index contributed by atoms with van der Waals surface area (Å²) in [5.41, 5.74) is -0.440. The van der Waals surface area contributed by atoms with E-state index in [0.717, 1.165) is 12.1 Å². The van der Waals surface area contributed by atoms with E-state index >= 15 is 0 Å². The number of aliphatic hydroxyl groups excluding tert-OH is 1. The molecule has 4 nitrogen and oxygen atoms in total. The van der Waals surface area contributed by atoms with Crippen LogP contribution in [0.3, 0.4) is 0 Å². The molecule has 0 radical (unpaired) electrons. The van der Waals surface area contributed by atoms with Gasteiger partial charge in [0, 0.05) is 20.1 Å². The number of hydrogen-bond donors (Lipinski definition) is 2. The third kappa shape index (κ3) is 4.05. The fourth-order valence-electron chi connectivity index (χ4n) is 1.42. The molecule has 6 heteroatoms. The molecule has 18 heavy (non-hydrogen) atoms. The molecule has 1 aromatic rings. The van der Waals surface area contributed by atoms with Crippen LogP contribution in [-0.4, -0.2) is 31.3 Å². The van der Waals surface area contributed by atoms with Crippen molar-refractivity contribution < 1.29 is 23.4 Å². The Kier molecular flexibility index (Phi) is 5.67. The average molecular weight is 259 g/mol. The molecule has 0 bridgehead atoms. The molecule has 2 N–H and O–H groups in total. The van der Waals surface area contributed by atoms with E-state index in [9.17, 15) is 18.7 Å². The number of halogens is 2. The maximum atomic E-state index is 13.3. The standard InChI is InChI=1S/C12H15F2NO3/c1-18-6-5-11(17)15-7-10(16)12-8(13)3-2-4-9(12)14/h2-4,10,16H,5-7H2,1H3,(H,15,17)/t10-/m1/s1. The number of carbonyl (C=O) groups excluding carboxylic acids is 1. The van der Waals surface area contributed by atoms with E-state index in [-0.39, 0.29) is 25.5 Å². The zero-order valence-electron chi connectivity index (χ0n) is 9.95. The Morgan fingerprint density at radius 2 is 2.06 bits per heavy atom. The summed E-state index contributed by atoms with van der Waals surface area (Å²) < 4.78 is 31.3. The first-order valence-corrected chi connectivity index (χ1v) is 5.44. The van der Waals surface area contributed by atoms with E-state index in [1.165, 1.54) is 13.2 Å². The van der Waals surface area contributed by atoms with Crippen LogP contribution in [0, 0.1) is 11.6 Å². The molecule has 1 aromatic carbocycles. The van der Waals surface area contributed by atoms with Crippen LogP contribution >= 0.6 is 0 Å². The fourth-order valence-corrected chi connectivity index (χ4v) is 1.42. The number of benzene rings is 1. The van der Waals surface area contributed by atoms with Crippen molar-refractivity contribution in [2.45, 2.75) is 12.5 Å². The smallest absolute Gasteiger partial charge is 0.222 e. The lowest BCUT2D eigenvalue weighted by Gasteiger charge is -2.13. The first-order chi connectivity index (χ1) is 8.56. The fraction of sp³-hybridized carbons (Fsp3) is 0.417. The second-order valence-electron chi connectivity index (χ2n) is 3.70. The molecule has 0 aliphatic carbocycles. The number of hydrogen-bond acceptors (Lipinski definition) is 3. The number of ether oxygens (including phenoxy) is 1. The SMILES string of the molecule is COCCC(=O)NC[C@@H](O)c1c(F)cccc1F. The number of carbonyl (C=O) groups is 1. The van der Waals surface area contributed by atoms with Crippen molar-refractivity contribution in [3.05, 3.63) is 35.4 Å². The largest absolute Gasteiger partial charge is 0.386 e. The Morgan fingerprint density at radius 3 is 2.61 bits per heavy atom. The van der Waals surface area contributed by atoms with Gasteiger partial charge in [0.1, 0.15) is 17.7 Å². The van der Waals surface area contributed by atoms with Gasteiger partial charge in [-0.05, 0) is 12.1 Å². The van der Waals surface area contributed by atoms with Crippen LogP contribution in [0.4, 0.5) is 8.78 Å². The molecule has 0 unspecified atom stereocenters. The van der Waals surface area contributed by atoms with E-state index in [0.29, 0.717) is 0 Å². The van der Waals surface area contributed by atoms with Crippen LogP contribution in [0.2, 0.25) is 0 Å². The highest BCUT2D eigenvalue weighted by Gasteiger charge is 2.18. The van der Waals surface area contributed by atoms with Gasteiger partial charge in [-0.1, -0.05) is 6.07 Å². The lowest BCUT2D eigenvalue weighted by molar-refractivity contribution is -0.122. The first-order valence-electron chi connectivity index (χ1n) is 5.44. The molecule has 0 aromatic heterocycles. The van der Waals surface area contributed by atoms with Crippen molar-refractivity contribution in [3.8, 4) is 0 Å². The highest BCUT2D eigenvalue weighted by Crippen LogP contribution is 2.19. The maximum absolute atomic E-state index is 13.3. The van der Waals surface area contributed by atoms with E-state index in [2.05, 4.69) is 5.32 Å². The highest BCUT2D eigenvalue weighted by molar-refractivity contribution is 5.75. The van der Waals surface area contributed by atoms with Crippen molar-refractivity contribution in [2.75, 3.05) is 20.3 Å². The van der Waals surface area contributed by atoms with E-state index in [1.807, 2.05) is 0 Å². The lowest BCUT2D eigenvalue weighted by Crippen LogP contribution is -2.29. The van der Waals surface area contributed by atoms with Crippen LogP contribution < -0.4 is 5.32 Å². The molecular weight excluding hydrogens is 244 g/mol. The lowest BCUT2D eigenvalue weighted by atomic mass is 10.1. The van der Waals surface area contributed by atoms with Gasteiger partial charge in [-0.15, -0.1) is 0 Å².